The zero-order chi connectivity index (χ0) is 23.8. The van der Waals surface area contributed by atoms with E-state index in [1.165, 1.54) is 16.4 Å². The van der Waals surface area contributed by atoms with Crippen molar-refractivity contribution in [3.63, 3.8) is 0 Å². The number of carbonyl (C=O) groups excluding carboxylic acids is 1. The molecule has 0 aromatic heterocycles. The minimum absolute atomic E-state index is 0.154. The molecular weight excluding hydrogens is 458 g/mol. The lowest BCUT2D eigenvalue weighted by atomic mass is 10.1. The SMILES string of the molecule is CN(C)CCNC(=O)c1ccc(CN(Cc2ccccc2)S(=O)(=O)c2ccc(Cl)cc2)cc1. The predicted octanol–water partition coefficient (Wildman–Crippen LogP) is 4.02. The Hall–Kier alpha value is -2.71. The molecule has 3 aromatic carbocycles. The van der Waals surface area contributed by atoms with Gasteiger partial charge >= 0.3 is 0 Å². The summed E-state index contributed by atoms with van der Waals surface area (Å²) in [7, 11) is 0.119. The molecule has 8 heteroatoms. The van der Waals surface area contributed by atoms with Crippen molar-refractivity contribution in [2.24, 2.45) is 0 Å². The maximum atomic E-state index is 13.4. The minimum atomic E-state index is -3.77. The highest BCUT2D eigenvalue weighted by atomic mass is 35.5. The van der Waals surface area contributed by atoms with Crippen LogP contribution in [-0.2, 0) is 23.1 Å². The van der Waals surface area contributed by atoms with E-state index < -0.39 is 10.0 Å². The highest BCUT2D eigenvalue weighted by Gasteiger charge is 2.25. The fourth-order valence-corrected chi connectivity index (χ4v) is 4.77. The lowest BCUT2D eigenvalue weighted by Gasteiger charge is -2.23. The summed E-state index contributed by atoms with van der Waals surface area (Å²) in [6.07, 6.45) is 0. The summed E-state index contributed by atoms with van der Waals surface area (Å²) in [5.41, 5.74) is 2.20. The molecule has 174 valence electrons. The molecule has 0 aliphatic heterocycles. The molecule has 0 saturated heterocycles. The van der Waals surface area contributed by atoms with E-state index in [0.29, 0.717) is 17.1 Å². The Labute approximate surface area is 200 Å². The van der Waals surface area contributed by atoms with Gasteiger partial charge in [-0.3, -0.25) is 4.79 Å². The Morgan fingerprint density at radius 3 is 2.00 bits per heavy atom. The van der Waals surface area contributed by atoms with Crippen LogP contribution in [0.4, 0.5) is 0 Å². The average Bonchev–Trinajstić information content (AvgIpc) is 2.80. The van der Waals surface area contributed by atoms with Gasteiger partial charge in [0.1, 0.15) is 0 Å². The van der Waals surface area contributed by atoms with E-state index in [-0.39, 0.29) is 23.9 Å². The summed E-state index contributed by atoms with van der Waals surface area (Å²) in [5, 5.41) is 3.35. The number of benzene rings is 3. The van der Waals surface area contributed by atoms with Crippen molar-refractivity contribution in [2.75, 3.05) is 27.2 Å². The van der Waals surface area contributed by atoms with Gasteiger partial charge in [-0.15, -0.1) is 0 Å². The van der Waals surface area contributed by atoms with Crippen LogP contribution >= 0.6 is 11.6 Å². The summed E-state index contributed by atoms with van der Waals surface area (Å²) in [6, 6.07) is 22.6. The molecule has 1 N–H and O–H groups in total. The number of rotatable bonds is 10. The highest BCUT2D eigenvalue weighted by Crippen LogP contribution is 2.23. The lowest BCUT2D eigenvalue weighted by Crippen LogP contribution is -2.31. The molecule has 0 aliphatic carbocycles. The number of amides is 1. The second-order valence-electron chi connectivity index (χ2n) is 7.97. The molecule has 0 aliphatic rings. The molecule has 0 unspecified atom stereocenters. The molecule has 3 aromatic rings. The van der Waals surface area contributed by atoms with E-state index in [4.69, 9.17) is 11.6 Å². The fraction of sp³-hybridized carbons (Fsp3) is 0.240. The molecule has 6 nitrogen and oxygen atoms in total. The van der Waals surface area contributed by atoms with Gasteiger partial charge in [0, 0.05) is 36.8 Å². The number of halogens is 1. The van der Waals surface area contributed by atoms with Crippen molar-refractivity contribution >= 4 is 27.5 Å². The second kappa shape index (κ2) is 11.4. The van der Waals surface area contributed by atoms with Gasteiger partial charge < -0.3 is 10.2 Å². The van der Waals surface area contributed by atoms with Gasteiger partial charge in [-0.05, 0) is 61.6 Å². The summed E-state index contributed by atoms with van der Waals surface area (Å²) in [5.74, 6) is -0.154. The van der Waals surface area contributed by atoms with Crippen molar-refractivity contribution < 1.29 is 13.2 Å². The summed E-state index contributed by atoms with van der Waals surface area (Å²) >= 11 is 5.94. The average molecular weight is 486 g/mol. The largest absolute Gasteiger partial charge is 0.351 e. The van der Waals surface area contributed by atoms with E-state index >= 15 is 0 Å². The number of hydrogen-bond acceptors (Lipinski definition) is 4. The van der Waals surface area contributed by atoms with Crippen LogP contribution < -0.4 is 5.32 Å². The summed E-state index contributed by atoms with van der Waals surface area (Å²) in [4.78, 5) is 14.5. The summed E-state index contributed by atoms with van der Waals surface area (Å²) < 4.78 is 28.3. The molecule has 3 rings (SSSR count). The summed E-state index contributed by atoms with van der Waals surface area (Å²) in [6.45, 7) is 1.69. The molecule has 0 saturated carbocycles. The van der Waals surface area contributed by atoms with Crippen LogP contribution in [-0.4, -0.2) is 50.7 Å². The van der Waals surface area contributed by atoms with Gasteiger partial charge in [-0.2, -0.15) is 4.31 Å². The normalized spacial score (nSPS) is 11.7. The van der Waals surface area contributed by atoms with Crippen LogP contribution in [0.2, 0.25) is 5.02 Å². The Morgan fingerprint density at radius 1 is 0.848 bits per heavy atom. The monoisotopic (exact) mass is 485 g/mol. The highest BCUT2D eigenvalue weighted by molar-refractivity contribution is 7.89. The Balaban J connectivity index is 1.80. The third-order valence-corrected chi connectivity index (χ3v) is 7.13. The van der Waals surface area contributed by atoms with E-state index in [0.717, 1.165) is 17.7 Å². The van der Waals surface area contributed by atoms with Crippen molar-refractivity contribution in [1.29, 1.82) is 0 Å². The predicted molar refractivity (Wildman–Crippen MR) is 132 cm³/mol. The maximum Gasteiger partial charge on any atom is 0.251 e. The maximum absolute atomic E-state index is 13.4. The lowest BCUT2D eigenvalue weighted by molar-refractivity contribution is 0.0951. The molecule has 1 amide bonds. The zero-order valence-corrected chi connectivity index (χ0v) is 20.3. The van der Waals surface area contributed by atoms with E-state index in [2.05, 4.69) is 5.32 Å². The van der Waals surface area contributed by atoms with Crippen molar-refractivity contribution in [3.8, 4) is 0 Å². The minimum Gasteiger partial charge on any atom is -0.351 e. The Morgan fingerprint density at radius 2 is 1.42 bits per heavy atom. The van der Waals surface area contributed by atoms with E-state index in [9.17, 15) is 13.2 Å². The van der Waals surface area contributed by atoms with Gasteiger partial charge in [0.05, 0.1) is 4.90 Å². The van der Waals surface area contributed by atoms with E-state index in [1.807, 2.05) is 49.3 Å². The number of sulfonamides is 1. The molecule has 0 spiro atoms. The first-order valence-electron chi connectivity index (χ1n) is 10.6. The van der Waals surface area contributed by atoms with Crippen molar-refractivity contribution in [2.45, 2.75) is 18.0 Å². The molecule has 33 heavy (non-hydrogen) atoms. The quantitative estimate of drug-likeness (QED) is 0.471. The molecule has 0 radical (unpaired) electrons. The number of likely N-dealkylation sites (N-methyl/N-ethyl adjacent to an activating group) is 1. The fourth-order valence-electron chi connectivity index (χ4n) is 3.23. The molecule has 0 fully saturated rings. The zero-order valence-electron chi connectivity index (χ0n) is 18.7. The number of carbonyl (C=O) groups is 1. The first-order chi connectivity index (χ1) is 15.8. The van der Waals surface area contributed by atoms with Crippen LogP contribution in [0.25, 0.3) is 0 Å². The van der Waals surface area contributed by atoms with Crippen molar-refractivity contribution in [1.82, 2.24) is 14.5 Å². The standard InChI is InChI=1S/C25H28ClN3O3S/c1-28(2)17-16-27-25(30)22-10-8-21(9-11-22)19-29(18-20-6-4-3-5-7-20)33(31,32)24-14-12-23(26)13-15-24/h3-15H,16-19H2,1-2H3,(H,27,30). The van der Waals surface area contributed by atoms with Crippen molar-refractivity contribution in [3.05, 3.63) is 101 Å². The molecular formula is C25H28ClN3O3S. The molecule has 0 atom stereocenters. The van der Waals surface area contributed by atoms with Crippen LogP contribution in [0.5, 0.6) is 0 Å². The van der Waals surface area contributed by atoms with E-state index in [1.54, 1.807) is 36.4 Å². The second-order valence-corrected chi connectivity index (χ2v) is 10.3. The topological polar surface area (TPSA) is 69.7 Å². The van der Waals surface area contributed by atoms with Gasteiger partial charge in [0.2, 0.25) is 10.0 Å². The van der Waals surface area contributed by atoms with Crippen LogP contribution in [0.15, 0.2) is 83.8 Å². The third kappa shape index (κ3) is 7.14. The number of nitrogens with zero attached hydrogens (tertiary/aromatic N) is 2. The third-order valence-electron chi connectivity index (χ3n) is 5.07. The molecule has 0 heterocycles. The van der Waals surface area contributed by atoms with Gasteiger partial charge in [0.25, 0.3) is 5.91 Å². The van der Waals surface area contributed by atoms with Crippen LogP contribution in [0, 0.1) is 0 Å². The first-order valence-corrected chi connectivity index (χ1v) is 12.4. The smallest absolute Gasteiger partial charge is 0.251 e. The van der Waals surface area contributed by atoms with Crippen LogP contribution in [0.1, 0.15) is 21.5 Å². The molecule has 0 bridgehead atoms. The van der Waals surface area contributed by atoms with Crippen LogP contribution in [0.3, 0.4) is 0 Å². The number of nitrogens with one attached hydrogen (secondary N) is 1. The Bertz CT molecular complexity index is 1150. The van der Waals surface area contributed by atoms with Gasteiger partial charge in [-0.25, -0.2) is 8.42 Å². The number of hydrogen-bond donors (Lipinski definition) is 1. The van der Waals surface area contributed by atoms with Gasteiger partial charge in [-0.1, -0.05) is 54.1 Å². The van der Waals surface area contributed by atoms with Gasteiger partial charge in [0.15, 0.2) is 0 Å². The Kier molecular flexibility index (Phi) is 8.63. The first kappa shape index (κ1) is 24.9.